The van der Waals surface area contributed by atoms with Crippen molar-refractivity contribution in [2.75, 3.05) is 0 Å². The molecule has 0 saturated heterocycles. The van der Waals surface area contributed by atoms with Crippen molar-refractivity contribution in [2.24, 2.45) is 5.73 Å². The molecule has 1 unspecified atom stereocenters. The van der Waals surface area contributed by atoms with Crippen LogP contribution in [0.15, 0.2) is 0 Å². The van der Waals surface area contributed by atoms with E-state index >= 15 is 0 Å². The van der Waals surface area contributed by atoms with Crippen LogP contribution < -0.4 is 5.73 Å². The maximum absolute atomic E-state index is 13.0. The van der Waals surface area contributed by atoms with E-state index in [4.69, 9.17) is 5.73 Å². The topological polar surface area (TPSA) is 56.7 Å². The number of halogens is 2. The highest BCUT2D eigenvalue weighted by atomic mass is 19.3. The first-order valence-corrected chi connectivity index (χ1v) is 4.54. The SMILES string of the molecule is CC(F)(F)c1nnc2n1CC(N)CC2. The van der Waals surface area contributed by atoms with Gasteiger partial charge in [0.2, 0.25) is 5.82 Å². The first-order chi connectivity index (χ1) is 6.48. The van der Waals surface area contributed by atoms with Crippen molar-refractivity contribution in [1.82, 2.24) is 14.8 Å². The Hall–Kier alpha value is -1.04. The Kier molecular flexibility index (Phi) is 2.02. The van der Waals surface area contributed by atoms with Crippen LogP contribution >= 0.6 is 0 Å². The lowest BCUT2D eigenvalue weighted by Crippen LogP contribution is -2.34. The number of alkyl halides is 2. The molecule has 14 heavy (non-hydrogen) atoms. The number of fused-ring (bicyclic) bond motifs is 1. The Morgan fingerprint density at radius 1 is 1.50 bits per heavy atom. The van der Waals surface area contributed by atoms with Gasteiger partial charge in [-0.1, -0.05) is 0 Å². The summed E-state index contributed by atoms with van der Waals surface area (Å²) in [7, 11) is 0. The van der Waals surface area contributed by atoms with Crippen LogP contribution in [0.25, 0.3) is 0 Å². The van der Waals surface area contributed by atoms with Crippen LogP contribution in [0.3, 0.4) is 0 Å². The molecular formula is C8H12F2N4. The molecule has 2 N–H and O–H groups in total. The molecule has 4 nitrogen and oxygen atoms in total. The number of hydrogen-bond acceptors (Lipinski definition) is 3. The fraction of sp³-hybridized carbons (Fsp3) is 0.750. The Morgan fingerprint density at radius 2 is 2.21 bits per heavy atom. The van der Waals surface area contributed by atoms with E-state index < -0.39 is 5.92 Å². The van der Waals surface area contributed by atoms with E-state index in [2.05, 4.69) is 10.2 Å². The summed E-state index contributed by atoms with van der Waals surface area (Å²) in [5.74, 6) is -2.60. The number of nitrogens with two attached hydrogens (primary N) is 1. The van der Waals surface area contributed by atoms with Gasteiger partial charge in [0.25, 0.3) is 0 Å². The molecular weight excluding hydrogens is 190 g/mol. The van der Waals surface area contributed by atoms with Crippen molar-refractivity contribution in [3.63, 3.8) is 0 Å². The van der Waals surface area contributed by atoms with Crippen LogP contribution in [0.5, 0.6) is 0 Å². The van der Waals surface area contributed by atoms with Gasteiger partial charge < -0.3 is 10.3 Å². The van der Waals surface area contributed by atoms with Crippen molar-refractivity contribution >= 4 is 0 Å². The summed E-state index contributed by atoms with van der Waals surface area (Å²) in [6.07, 6.45) is 1.41. The molecule has 2 heterocycles. The van der Waals surface area contributed by atoms with E-state index in [9.17, 15) is 8.78 Å². The van der Waals surface area contributed by atoms with E-state index in [0.717, 1.165) is 13.3 Å². The van der Waals surface area contributed by atoms with Gasteiger partial charge in [0.15, 0.2) is 0 Å². The first kappa shape index (κ1) is 9.51. The monoisotopic (exact) mass is 202 g/mol. The second-order valence-corrected chi connectivity index (χ2v) is 3.74. The van der Waals surface area contributed by atoms with Crippen molar-refractivity contribution in [3.8, 4) is 0 Å². The highest BCUT2D eigenvalue weighted by molar-refractivity contribution is 5.04. The average Bonchev–Trinajstić information content (AvgIpc) is 2.45. The highest BCUT2D eigenvalue weighted by Gasteiger charge is 2.34. The number of nitrogens with zero attached hydrogens (tertiary/aromatic N) is 3. The predicted octanol–water partition coefficient (Wildman–Crippen LogP) is 0.663. The van der Waals surface area contributed by atoms with Gasteiger partial charge >= 0.3 is 5.92 Å². The van der Waals surface area contributed by atoms with E-state index in [1.807, 2.05) is 0 Å². The zero-order chi connectivity index (χ0) is 10.3. The first-order valence-electron chi connectivity index (χ1n) is 4.54. The minimum absolute atomic E-state index is 0.0698. The molecule has 1 aromatic rings. The molecule has 0 radical (unpaired) electrons. The molecule has 1 atom stereocenters. The summed E-state index contributed by atoms with van der Waals surface area (Å²) in [6, 6.07) is -0.0698. The molecule has 0 amide bonds. The summed E-state index contributed by atoms with van der Waals surface area (Å²) < 4.78 is 27.5. The number of aromatic nitrogens is 3. The van der Waals surface area contributed by atoms with Crippen LogP contribution in [-0.4, -0.2) is 20.8 Å². The lowest BCUT2D eigenvalue weighted by molar-refractivity contribution is 0.00289. The molecule has 0 fully saturated rings. The molecule has 0 aliphatic carbocycles. The molecule has 0 bridgehead atoms. The lowest BCUT2D eigenvalue weighted by Gasteiger charge is -2.22. The summed E-state index contributed by atoms with van der Waals surface area (Å²) in [5, 5.41) is 7.25. The standard InChI is InChI=1S/C8H12F2N4/c1-8(9,10)7-13-12-6-3-2-5(11)4-14(6)7/h5H,2-4,11H2,1H3. The van der Waals surface area contributed by atoms with Gasteiger partial charge in [-0.3, -0.25) is 0 Å². The van der Waals surface area contributed by atoms with E-state index in [1.54, 1.807) is 0 Å². The highest BCUT2D eigenvalue weighted by Crippen LogP contribution is 2.27. The number of aryl methyl sites for hydroxylation is 1. The summed E-state index contributed by atoms with van der Waals surface area (Å²) in [5.41, 5.74) is 5.70. The van der Waals surface area contributed by atoms with Crippen LogP contribution in [0.4, 0.5) is 8.78 Å². The minimum atomic E-state index is -2.94. The normalized spacial score (nSPS) is 22.1. The van der Waals surface area contributed by atoms with Crippen molar-refractivity contribution in [3.05, 3.63) is 11.6 Å². The van der Waals surface area contributed by atoms with Gasteiger partial charge in [0.1, 0.15) is 5.82 Å². The van der Waals surface area contributed by atoms with Crippen LogP contribution in [0, 0.1) is 0 Å². The average molecular weight is 202 g/mol. The molecule has 1 aliphatic heterocycles. The Labute approximate surface area is 80.1 Å². The van der Waals surface area contributed by atoms with Gasteiger partial charge in [-0.05, 0) is 6.42 Å². The second-order valence-electron chi connectivity index (χ2n) is 3.74. The zero-order valence-corrected chi connectivity index (χ0v) is 7.87. The molecule has 6 heteroatoms. The Balaban J connectivity index is 2.41. The summed E-state index contributed by atoms with van der Waals surface area (Å²) >= 11 is 0. The van der Waals surface area contributed by atoms with Crippen LogP contribution in [-0.2, 0) is 18.9 Å². The van der Waals surface area contributed by atoms with E-state index in [1.165, 1.54) is 4.57 Å². The summed E-state index contributed by atoms with van der Waals surface area (Å²) in [6.45, 7) is 1.21. The van der Waals surface area contributed by atoms with E-state index in [0.29, 0.717) is 18.8 Å². The molecule has 1 aromatic heterocycles. The maximum atomic E-state index is 13.0. The van der Waals surface area contributed by atoms with Crippen LogP contribution in [0.1, 0.15) is 25.0 Å². The van der Waals surface area contributed by atoms with Crippen LogP contribution in [0.2, 0.25) is 0 Å². The fourth-order valence-electron chi connectivity index (χ4n) is 1.68. The third-order valence-corrected chi connectivity index (χ3v) is 2.38. The predicted molar refractivity (Wildman–Crippen MR) is 45.9 cm³/mol. The van der Waals surface area contributed by atoms with Crippen molar-refractivity contribution in [2.45, 2.75) is 38.3 Å². The quantitative estimate of drug-likeness (QED) is 0.728. The maximum Gasteiger partial charge on any atom is 0.304 e. The molecule has 0 saturated carbocycles. The zero-order valence-electron chi connectivity index (χ0n) is 7.87. The van der Waals surface area contributed by atoms with Gasteiger partial charge in [-0.25, -0.2) is 0 Å². The third-order valence-electron chi connectivity index (χ3n) is 2.38. The molecule has 0 spiro atoms. The number of hydrogen-bond donors (Lipinski definition) is 1. The largest absolute Gasteiger partial charge is 0.326 e. The molecule has 0 aromatic carbocycles. The fourth-order valence-corrected chi connectivity index (χ4v) is 1.68. The van der Waals surface area contributed by atoms with Crippen molar-refractivity contribution in [1.29, 1.82) is 0 Å². The molecule has 1 aliphatic rings. The second kappa shape index (κ2) is 2.98. The van der Waals surface area contributed by atoms with Gasteiger partial charge in [-0.2, -0.15) is 8.78 Å². The van der Waals surface area contributed by atoms with Gasteiger partial charge in [-0.15, -0.1) is 10.2 Å². The van der Waals surface area contributed by atoms with E-state index in [-0.39, 0.29) is 11.9 Å². The smallest absolute Gasteiger partial charge is 0.304 e. The van der Waals surface area contributed by atoms with Gasteiger partial charge in [0, 0.05) is 25.9 Å². The summed E-state index contributed by atoms with van der Waals surface area (Å²) in [4.78, 5) is 0. The molecule has 78 valence electrons. The third kappa shape index (κ3) is 1.50. The minimum Gasteiger partial charge on any atom is -0.326 e. The van der Waals surface area contributed by atoms with Gasteiger partial charge in [0.05, 0.1) is 0 Å². The Morgan fingerprint density at radius 3 is 2.86 bits per heavy atom. The van der Waals surface area contributed by atoms with Crippen molar-refractivity contribution < 1.29 is 8.78 Å². The Bertz CT molecular complexity index is 342. The molecule has 2 rings (SSSR count). The number of rotatable bonds is 1. The lowest BCUT2D eigenvalue weighted by atomic mass is 10.1.